The van der Waals surface area contributed by atoms with E-state index in [-0.39, 0.29) is 6.03 Å². The zero-order valence-corrected chi connectivity index (χ0v) is 13.1. The van der Waals surface area contributed by atoms with E-state index < -0.39 is 0 Å². The number of urea groups is 1. The van der Waals surface area contributed by atoms with Crippen LogP contribution in [0.2, 0.25) is 0 Å². The SMILES string of the molecule is O=C(N1CCCCC1)N1c2ccccc2Sc2cccnc21. The molecule has 3 heterocycles. The Morgan fingerprint density at radius 1 is 1.00 bits per heavy atom. The fraction of sp³-hybridized carbons (Fsp3) is 0.294. The van der Waals surface area contributed by atoms with Crippen molar-refractivity contribution in [3.05, 3.63) is 42.6 Å². The van der Waals surface area contributed by atoms with Gasteiger partial charge in [-0.05, 0) is 43.5 Å². The van der Waals surface area contributed by atoms with Crippen LogP contribution in [-0.4, -0.2) is 29.0 Å². The topological polar surface area (TPSA) is 36.4 Å². The number of carbonyl (C=O) groups excluding carboxylic acids is 1. The number of nitrogens with zero attached hydrogens (tertiary/aromatic N) is 3. The molecule has 112 valence electrons. The first-order chi connectivity index (χ1) is 10.8. The second kappa shape index (κ2) is 5.65. The van der Waals surface area contributed by atoms with Gasteiger partial charge in [-0.3, -0.25) is 0 Å². The number of carbonyl (C=O) groups is 1. The molecule has 5 heteroatoms. The summed E-state index contributed by atoms with van der Waals surface area (Å²) in [6.07, 6.45) is 5.14. The molecule has 2 aliphatic rings. The lowest BCUT2D eigenvalue weighted by atomic mass is 10.1. The number of aromatic nitrogens is 1. The van der Waals surface area contributed by atoms with Gasteiger partial charge >= 0.3 is 6.03 Å². The van der Waals surface area contributed by atoms with E-state index in [1.165, 1.54) is 6.42 Å². The Morgan fingerprint density at radius 2 is 1.77 bits per heavy atom. The standard InChI is InChI=1S/C17H17N3OS/c21-17(19-11-4-1-5-12-19)20-13-7-2-3-8-14(13)22-15-9-6-10-18-16(15)20/h2-3,6-10H,1,4-5,11-12H2. The van der Waals surface area contributed by atoms with E-state index in [1.54, 1.807) is 22.9 Å². The number of piperidine rings is 1. The molecule has 0 spiro atoms. The van der Waals surface area contributed by atoms with Gasteiger partial charge in [-0.1, -0.05) is 23.9 Å². The average Bonchev–Trinajstić information content (AvgIpc) is 2.60. The number of hydrogen-bond acceptors (Lipinski definition) is 3. The third-order valence-corrected chi connectivity index (χ3v) is 5.21. The van der Waals surface area contributed by atoms with Crippen LogP contribution in [-0.2, 0) is 0 Å². The Morgan fingerprint density at radius 3 is 2.64 bits per heavy atom. The van der Waals surface area contributed by atoms with Gasteiger partial charge < -0.3 is 4.90 Å². The van der Waals surface area contributed by atoms with E-state index in [2.05, 4.69) is 11.1 Å². The van der Waals surface area contributed by atoms with Crippen molar-refractivity contribution in [2.24, 2.45) is 0 Å². The summed E-state index contributed by atoms with van der Waals surface area (Å²) in [5.41, 5.74) is 0.939. The maximum atomic E-state index is 13.1. The predicted molar refractivity (Wildman–Crippen MR) is 87.8 cm³/mol. The number of benzene rings is 1. The quantitative estimate of drug-likeness (QED) is 0.728. The van der Waals surface area contributed by atoms with E-state index in [1.807, 2.05) is 35.2 Å². The minimum absolute atomic E-state index is 0.0485. The minimum atomic E-state index is 0.0485. The van der Waals surface area contributed by atoms with E-state index in [9.17, 15) is 4.79 Å². The van der Waals surface area contributed by atoms with Crippen LogP contribution in [0.3, 0.4) is 0 Å². The van der Waals surface area contributed by atoms with Gasteiger partial charge in [-0.15, -0.1) is 0 Å². The largest absolute Gasteiger partial charge is 0.330 e. The minimum Gasteiger partial charge on any atom is -0.324 e. The van der Waals surface area contributed by atoms with E-state index >= 15 is 0 Å². The van der Waals surface area contributed by atoms with Crippen molar-refractivity contribution >= 4 is 29.3 Å². The lowest BCUT2D eigenvalue weighted by Gasteiger charge is -2.35. The Balaban J connectivity index is 1.78. The molecule has 0 N–H and O–H groups in total. The molecule has 4 rings (SSSR count). The van der Waals surface area contributed by atoms with Crippen LogP contribution in [0.15, 0.2) is 52.4 Å². The van der Waals surface area contributed by atoms with E-state index in [4.69, 9.17) is 0 Å². The number of para-hydroxylation sites is 1. The summed E-state index contributed by atoms with van der Waals surface area (Å²) in [7, 11) is 0. The van der Waals surface area contributed by atoms with Crippen LogP contribution in [0.25, 0.3) is 0 Å². The van der Waals surface area contributed by atoms with E-state index in [0.29, 0.717) is 0 Å². The van der Waals surface area contributed by atoms with Gasteiger partial charge in [-0.25, -0.2) is 14.7 Å². The van der Waals surface area contributed by atoms with Gasteiger partial charge in [0.1, 0.15) is 0 Å². The molecule has 0 radical (unpaired) electrons. The monoisotopic (exact) mass is 311 g/mol. The molecule has 0 bridgehead atoms. The van der Waals surface area contributed by atoms with Crippen LogP contribution in [0.5, 0.6) is 0 Å². The third-order valence-electron chi connectivity index (χ3n) is 4.11. The summed E-state index contributed by atoms with van der Waals surface area (Å²) in [5.74, 6) is 0.752. The molecule has 2 amide bonds. The predicted octanol–water partition coefficient (Wildman–Crippen LogP) is 4.29. The molecule has 2 aromatic rings. The number of pyridine rings is 1. The lowest BCUT2D eigenvalue weighted by Crippen LogP contribution is -2.44. The van der Waals surface area contributed by atoms with Gasteiger partial charge in [0.25, 0.3) is 0 Å². The molecule has 1 saturated heterocycles. The van der Waals surface area contributed by atoms with Crippen LogP contribution < -0.4 is 4.90 Å². The molecule has 0 unspecified atom stereocenters. The highest BCUT2D eigenvalue weighted by Crippen LogP contribution is 2.47. The number of likely N-dealkylation sites (tertiary alicyclic amines) is 1. The molecule has 1 aromatic heterocycles. The summed E-state index contributed by atoms with van der Waals surface area (Å²) in [6.45, 7) is 1.68. The zero-order chi connectivity index (χ0) is 14.9. The molecule has 1 fully saturated rings. The first-order valence-electron chi connectivity index (χ1n) is 7.65. The Bertz CT molecular complexity index is 667. The van der Waals surface area contributed by atoms with Crippen LogP contribution in [0.1, 0.15) is 19.3 Å². The summed E-state index contributed by atoms with van der Waals surface area (Å²) in [6, 6.07) is 12.0. The van der Waals surface area contributed by atoms with Gasteiger partial charge in [0.15, 0.2) is 5.82 Å². The second-order valence-electron chi connectivity index (χ2n) is 5.56. The van der Waals surface area contributed by atoms with Gasteiger partial charge in [0, 0.05) is 24.2 Å². The van der Waals surface area contributed by atoms with Crippen LogP contribution in [0.4, 0.5) is 16.3 Å². The molecule has 4 nitrogen and oxygen atoms in total. The normalized spacial score (nSPS) is 16.9. The molecule has 0 aliphatic carbocycles. The number of amides is 2. The smallest absolute Gasteiger partial charge is 0.324 e. The fourth-order valence-electron chi connectivity index (χ4n) is 3.01. The highest BCUT2D eigenvalue weighted by molar-refractivity contribution is 7.99. The van der Waals surface area contributed by atoms with Crippen molar-refractivity contribution in [1.82, 2.24) is 9.88 Å². The van der Waals surface area contributed by atoms with Crippen LogP contribution in [0, 0.1) is 0 Å². The lowest BCUT2D eigenvalue weighted by molar-refractivity contribution is 0.195. The molecular weight excluding hydrogens is 294 g/mol. The molecule has 0 atom stereocenters. The first-order valence-corrected chi connectivity index (χ1v) is 8.47. The van der Waals surface area contributed by atoms with Crippen molar-refractivity contribution in [3.63, 3.8) is 0 Å². The third kappa shape index (κ3) is 2.25. The molecule has 1 aromatic carbocycles. The zero-order valence-electron chi connectivity index (χ0n) is 12.2. The number of rotatable bonds is 0. The number of anilines is 2. The maximum absolute atomic E-state index is 13.1. The summed E-state index contributed by atoms with van der Waals surface area (Å²) in [5, 5.41) is 0. The summed E-state index contributed by atoms with van der Waals surface area (Å²) >= 11 is 1.68. The second-order valence-corrected chi connectivity index (χ2v) is 6.64. The highest BCUT2D eigenvalue weighted by atomic mass is 32.2. The Hall–Kier alpha value is -2.01. The molecule has 22 heavy (non-hydrogen) atoms. The Kier molecular flexibility index (Phi) is 3.50. The maximum Gasteiger partial charge on any atom is 0.330 e. The number of fused-ring (bicyclic) bond motifs is 2. The van der Waals surface area contributed by atoms with Crippen molar-refractivity contribution in [2.75, 3.05) is 18.0 Å². The van der Waals surface area contributed by atoms with Crippen molar-refractivity contribution < 1.29 is 4.79 Å². The Labute approximate surface area is 134 Å². The van der Waals surface area contributed by atoms with Gasteiger partial charge in [0.2, 0.25) is 0 Å². The molecule has 2 aliphatic heterocycles. The van der Waals surface area contributed by atoms with Gasteiger partial charge in [0.05, 0.1) is 10.6 Å². The summed E-state index contributed by atoms with van der Waals surface area (Å²) < 4.78 is 0. The van der Waals surface area contributed by atoms with Crippen LogP contribution >= 0.6 is 11.8 Å². The molecule has 0 saturated carbocycles. The highest BCUT2D eigenvalue weighted by Gasteiger charge is 2.32. The van der Waals surface area contributed by atoms with E-state index in [0.717, 1.165) is 47.2 Å². The molecular formula is C17H17N3OS. The first kappa shape index (κ1) is 13.6. The average molecular weight is 311 g/mol. The van der Waals surface area contributed by atoms with Gasteiger partial charge in [-0.2, -0.15) is 0 Å². The van der Waals surface area contributed by atoms with Crippen molar-refractivity contribution in [2.45, 2.75) is 29.1 Å². The van der Waals surface area contributed by atoms with Crippen molar-refractivity contribution in [3.8, 4) is 0 Å². The fourth-order valence-corrected chi connectivity index (χ4v) is 4.04. The number of hydrogen-bond donors (Lipinski definition) is 0. The van der Waals surface area contributed by atoms with Crippen molar-refractivity contribution in [1.29, 1.82) is 0 Å². The summed E-state index contributed by atoms with van der Waals surface area (Å²) in [4.78, 5) is 23.4.